The standard InChI is InChI=1S/C13H10BrFN2O2/c1-8-2-4-10(15)12(6-8)16-11-5-3-9(14)7-13(11)17(18)19/h2-7,16H,1H3. The Bertz CT molecular complexity index is 647. The number of nitro benzene ring substituents is 1. The van der Waals surface area contributed by atoms with E-state index >= 15 is 0 Å². The number of nitrogens with zero attached hydrogens (tertiary/aromatic N) is 1. The van der Waals surface area contributed by atoms with Gasteiger partial charge in [-0.25, -0.2) is 4.39 Å². The number of aryl methyl sites for hydroxylation is 1. The molecule has 0 fully saturated rings. The smallest absolute Gasteiger partial charge is 0.293 e. The SMILES string of the molecule is Cc1ccc(F)c(Nc2ccc(Br)cc2[N+](=O)[O-])c1. The Morgan fingerprint density at radius 2 is 1.95 bits per heavy atom. The topological polar surface area (TPSA) is 55.2 Å². The summed E-state index contributed by atoms with van der Waals surface area (Å²) in [7, 11) is 0. The molecule has 0 amide bonds. The average molecular weight is 325 g/mol. The molecule has 0 aromatic heterocycles. The highest BCUT2D eigenvalue weighted by Crippen LogP contribution is 2.31. The molecule has 0 saturated heterocycles. The number of anilines is 2. The predicted molar refractivity (Wildman–Crippen MR) is 75.2 cm³/mol. The lowest BCUT2D eigenvalue weighted by Crippen LogP contribution is -1.99. The molecule has 0 aliphatic heterocycles. The molecule has 0 aliphatic rings. The molecule has 0 aliphatic carbocycles. The molecular formula is C13H10BrFN2O2. The molecule has 0 bridgehead atoms. The van der Waals surface area contributed by atoms with Crippen LogP contribution in [-0.2, 0) is 0 Å². The second-order valence-electron chi connectivity index (χ2n) is 4.03. The van der Waals surface area contributed by atoms with Gasteiger partial charge in [0, 0.05) is 10.5 Å². The third-order valence-corrected chi connectivity index (χ3v) is 3.04. The maximum atomic E-state index is 13.6. The molecule has 0 radical (unpaired) electrons. The van der Waals surface area contributed by atoms with Crippen LogP contribution in [0.1, 0.15) is 5.56 Å². The summed E-state index contributed by atoms with van der Waals surface area (Å²) in [6.45, 7) is 1.82. The molecule has 0 atom stereocenters. The van der Waals surface area contributed by atoms with Crippen LogP contribution in [0.4, 0.5) is 21.5 Å². The van der Waals surface area contributed by atoms with E-state index in [1.54, 1.807) is 18.2 Å². The number of rotatable bonds is 3. The van der Waals surface area contributed by atoms with Crippen molar-refractivity contribution >= 4 is 33.0 Å². The Kier molecular flexibility index (Phi) is 3.80. The lowest BCUT2D eigenvalue weighted by molar-refractivity contribution is -0.384. The van der Waals surface area contributed by atoms with Gasteiger partial charge in [-0.1, -0.05) is 22.0 Å². The summed E-state index contributed by atoms with van der Waals surface area (Å²) in [5.74, 6) is -0.456. The Morgan fingerprint density at radius 3 is 2.63 bits per heavy atom. The van der Waals surface area contributed by atoms with Gasteiger partial charge in [-0.3, -0.25) is 10.1 Å². The van der Waals surface area contributed by atoms with Gasteiger partial charge in [0.1, 0.15) is 11.5 Å². The number of benzene rings is 2. The van der Waals surface area contributed by atoms with Gasteiger partial charge >= 0.3 is 0 Å². The van der Waals surface area contributed by atoms with Crippen molar-refractivity contribution in [3.8, 4) is 0 Å². The molecule has 19 heavy (non-hydrogen) atoms. The zero-order valence-electron chi connectivity index (χ0n) is 9.98. The summed E-state index contributed by atoms with van der Waals surface area (Å²) in [5, 5.41) is 13.7. The van der Waals surface area contributed by atoms with Crippen LogP contribution in [0.15, 0.2) is 40.9 Å². The van der Waals surface area contributed by atoms with Crippen LogP contribution >= 0.6 is 15.9 Å². The van der Waals surface area contributed by atoms with Crippen molar-refractivity contribution in [1.82, 2.24) is 0 Å². The molecule has 2 rings (SSSR count). The molecule has 2 aromatic carbocycles. The van der Waals surface area contributed by atoms with Crippen molar-refractivity contribution in [2.75, 3.05) is 5.32 Å². The minimum absolute atomic E-state index is 0.115. The van der Waals surface area contributed by atoms with Crippen LogP contribution in [0.25, 0.3) is 0 Å². The van der Waals surface area contributed by atoms with Gasteiger partial charge < -0.3 is 5.32 Å². The van der Waals surface area contributed by atoms with Crippen molar-refractivity contribution in [2.45, 2.75) is 6.92 Å². The van der Waals surface area contributed by atoms with Gasteiger partial charge in [-0.2, -0.15) is 0 Å². The highest BCUT2D eigenvalue weighted by molar-refractivity contribution is 9.10. The van der Waals surface area contributed by atoms with Crippen LogP contribution in [0, 0.1) is 22.9 Å². The van der Waals surface area contributed by atoms with Crippen molar-refractivity contribution in [3.05, 3.63) is 62.4 Å². The number of nitro groups is 1. The lowest BCUT2D eigenvalue weighted by Gasteiger charge is -2.09. The second kappa shape index (κ2) is 5.36. The highest BCUT2D eigenvalue weighted by Gasteiger charge is 2.15. The Balaban J connectivity index is 2.43. The van der Waals surface area contributed by atoms with Crippen LogP contribution in [0.3, 0.4) is 0 Å². The van der Waals surface area contributed by atoms with Crippen molar-refractivity contribution in [3.63, 3.8) is 0 Å². The van der Waals surface area contributed by atoms with Gasteiger partial charge in [-0.05, 0) is 36.8 Å². The molecule has 6 heteroatoms. The molecule has 98 valence electrons. The number of halogens is 2. The quantitative estimate of drug-likeness (QED) is 0.665. The molecule has 4 nitrogen and oxygen atoms in total. The van der Waals surface area contributed by atoms with E-state index in [2.05, 4.69) is 21.2 Å². The van der Waals surface area contributed by atoms with Gasteiger partial charge in [-0.15, -0.1) is 0 Å². The van der Waals surface area contributed by atoms with Crippen LogP contribution in [-0.4, -0.2) is 4.92 Å². The second-order valence-corrected chi connectivity index (χ2v) is 4.94. The monoisotopic (exact) mass is 324 g/mol. The normalized spacial score (nSPS) is 10.3. The molecule has 2 aromatic rings. The van der Waals surface area contributed by atoms with Gasteiger partial charge in [0.2, 0.25) is 0 Å². The fraction of sp³-hybridized carbons (Fsp3) is 0.0769. The molecular weight excluding hydrogens is 315 g/mol. The molecule has 0 saturated carbocycles. The van der Waals surface area contributed by atoms with E-state index in [9.17, 15) is 14.5 Å². The van der Waals surface area contributed by atoms with Crippen LogP contribution < -0.4 is 5.32 Å². The van der Waals surface area contributed by atoms with Crippen molar-refractivity contribution < 1.29 is 9.31 Å². The summed E-state index contributed by atoms with van der Waals surface area (Å²) in [5.41, 5.74) is 1.21. The third kappa shape index (κ3) is 3.08. The summed E-state index contributed by atoms with van der Waals surface area (Å²) in [4.78, 5) is 10.5. The minimum Gasteiger partial charge on any atom is -0.348 e. The average Bonchev–Trinajstić information content (AvgIpc) is 2.35. The van der Waals surface area contributed by atoms with E-state index in [1.165, 1.54) is 18.2 Å². The van der Waals surface area contributed by atoms with Crippen molar-refractivity contribution in [1.29, 1.82) is 0 Å². The predicted octanol–water partition coefficient (Wildman–Crippen LogP) is 4.55. The van der Waals surface area contributed by atoms with Crippen molar-refractivity contribution in [2.24, 2.45) is 0 Å². The van der Waals surface area contributed by atoms with E-state index in [-0.39, 0.29) is 17.1 Å². The first kappa shape index (κ1) is 13.5. The maximum absolute atomic E-state index is 13.6. The van der Waals surface area contributed by atoms with E-state index in [4.69, 9.17) is 0 Å². The summed E-state index contributed by atoms with van der Waals surface area (Å²) < 4.78 is 14.2. The minimum atomic E-state index is -0.513. The van der Waals surface area contributed by atoms with Gasteiger partial charge in [0.25, 0.3) is 5.69 Å². The summed E-state index contributed by atoms with van der Waals surface area (Å²) >= 11 is 3.17. The lowest BCUT2D eigenvalue weighted by atomic mass is 10.2. The molecule has 0 unspecified atom stereocenters. The first-order valence-corrected chi connectivity index (χ1v) is 6.24. The first-order chi connectivity index (χ1) is 8.97. The van der Waals surface area contributed by atoms with Crippen LogP contribution in [0.5, 0.6) is 0 Å². The Morgan fingerprint density at radius 1 is 1.21 bits per heavy atom. The fourth-order valence-corrected chi connectivity index (χ4v) is 1.99. The van der Waals surface area contributed by atoms with Gasteiger partial charge in [0.05, 0.1) is 10.6 Å². The third-order valence-electron chi connectivity index (χ3n) is 2.55. The van der Waals surface area contributed by atoms with E-state index in [0.29, 0.717) is 4.47 Å². The molecule has 0 spiro atoms. The largest absolute Gasteiger partial charge is 0.348 e. The zero-order valence-corrected chi connectivity index (χ0v) is 11.6. The first-order valence-electron chi connectivity index (χ1n) is 5.44. The maximum Gasteiger partial charge on any atom is 0.293 e. The van der Waals surface area contributed by atoms with E-state index < -0.39 is 10.7 Å². The van der Waals surface area contributed by atoms with E-state index in [0.717, 1.165) is 5.56 Å². The Hall–Kier alpha value is -1.95. The van der Waals surface area contributed by atoms with E-state index in [1.807, 2.05) is 6.92 Å². The van der Waals surface area contributed by atoms with Gasteiger partial charge in [0.15, 0.2) is 0 Å². The molecule has 1 N–H and O–H groups in total. The molecule has 0 heterocycles. The number of hydrogen-bond acceptors (Lipinski definition) is 3. The highest BCUT2D eigenvalue weighted by atomic mass is 79.9. The Labute approximate surface area is 117 Å². The summed E-state index contributed by atoms with van der Waals surface area (Å²) in [6, 6.07) is 9.11. The zero-order chi connectivity index (χ0) is 14.0. The number of hydrogen-bond donors (Lipinski definition) is 1. The number of nitrogens with one attached hydrogen (secondary N) is 1. The fourth-order valence-electron chi connectivity index (χ4n) is 1.64. The summed E-state index contributed by atoms with van der Waals surface area (Å²) in [6.07, 6.45) is 0. The van der Waals surface area contributed by atoms with Crippen LogP contribution in [0.2, 0.25) is 0 Å².